The predicted molar refractivity (Wildman–Crippen MR) is 42.6 cm³/mol. The molecule has 0 saturated heterocycles. The van der Waals surface area contributed by atoms with E-state index in [-0.39, 0.29) is 11.5 Å². The summed E-state index contributed by atoms with van der Waals surface area (Å²) in [5, 5.41) is 0. The van der Waals surface area contributed by atoms with Crippen LogP contribution in [0.25, 0.3) is 0 Å². The van der Waals surface area contributed by atoms with E-state index in [1.165, 1.54) is 12.2 Å². The molecule has 6 heteroatoms. The van der Waals surface area contributed by atoms with Crippen molar-refractivity contribution in [1.29, 1.82) is 0 Å². The van der Waals surface area contributed by atoms with Gasteiger partial charge in [-0.3, -0.25) is 4.21 Å². The molecule has 11 heavy (non-hydrogen) atoms. The van der Waals surface area contributed by atoms with Crippen molar-refractivity contribution < 1.29 is 17.2 Å². The van der Waals surface area contributed by atoms with Gasteiger partial charge in [0.05, 0.1) is 5.75 Å². The second kappa shape index (κ2) is 4.63. The summed E-state index contributed by atoms with van der Waals surface area (Å²) in [6.45, 7) is 0. The summed E-state index contributed by atoms with van der Waals surface area (Å²) in [7, 11) is -3.01. The van der Waals surface area contributed by atoms with E-state index in [2.05, 4.69) is 0 Å². The molecule has 66 valence electrons. The summed E-state index contributed by atoms with van der Waals surface area (Å²) in [5.74, 6) is -0.236. The van der Waals surface area contributed by atoms with Gasteiger partial charge in [0.2, 0.25) is 0 Å². The van der Waals surface area contributed by atoms with Gasteiger partial charge in [-0.05, 0) is 0 Å². The highest BCUT2D eigenvalue weighted by molar-refractivity contribution is 7.90. The summed E-state index contributed by atoms with van der Waals surface area (Å²) in [5.41, 5.74) is 0. The quantitative estimate of drug-likeness (QED) is 0.448. The molecule has 0 aliphatic rings. The molecular weight excluding hydrogens is 188 g/mol. The minimum atomic E-state index is -3.01. The summed E-state index contributed by atoms with van der Waals surface area (Å²) < 4.78 is 40.8. The van der Waals surface area contributed by atoms with Crippen LogP contribution in [0.15, 0.2) is 12.2 Å². The second-order valence-electron chi connectivity index (χ2n) is 2.03. The smallest absolute Gasteiger partial charge is 0.150 e. The molecule has 0 bridgehead atoms. The molecule has 0 radical (unpaired) electrons. The Morgan fingerprint density at radius 1 is 1.45 bits per heavy atom. The van der Waals surface area contributed by atoms with Gasteiger partial charge in [-0.1, -0.05) is 23.2 Å². The van der Waals surface area contributed by atoms with Crippen molar-refractivity contribution in [3.63, 3.8) is 0 Å². The Labute approximate surface area is 68.5 Å². The first-order valence-electron chi connectivity index (χ1n) is 2.80. The highest BCUT2D eigenvalue weighted by Gasteiger charge is 1.95. The van der Waals surface area contributed by atoms with E-state index in [1.807, 2.05) is 0 Å². The molecule has 0 aliphatic carbocycles. The molecule has 0 N–H and O–H groups in total. The van der Waals surface area contributed by atoms with Gasteiger partial charge < -0.3 is 4.55 Å². The average Bonchev–Trinajstić information content (AvgIpc) is 1.78. The van der Waals surface area contributed by atoms with Crippen molar-refractivity contribution in [3.05, 3.63) is 12.2 Å². The summed E-state index contributed by atoms with van der Waals surface area (Å²) in [6.07, 6.45) is 3.72. The maximum absolute atomic E-state index is 10.5. The topological polar surface area (TPSA) is 74.3 Å². The van der Waals surface area contributed by atoms with E-state index < -0.39 is 20.9 Å². The number of hydrogen-bond acceptors (Lipinski definition) is 4. The second-order valence-corrected chi connectivity index (χ2v) is 5.16. The molecule has 1 unspecified atom stereocenters. The standard InChI is InChI=1S/C5H10O4S2/c1-11(8,9)5-3-2-4-10(6)7/h2-3H,4-5H2,1H3,(H,6,7)/p-1/b3-2+. The molecule has 4 nitrogen and oxygen atoms in total. The van der Waals surface area contributed by atoms with E-state index in [9.17, 15) is 17.2 Å². The Morgan fingerprint density at radius 2 is 2.00 bits per heavy atom. The fourth-order valence-electron chi connectivity index (χ4n) is 0.389. The molecule has 1 atom stereocenters. The van der Waals surface area contributed by atoms with Crippen LogP contribution < -0.4 is 0 Å². The van der Waals surface area contributed by atoms with Crippen LogP contribution in [-0.2, 0) is 20.9 Å². The Bertz CT molecular complexity index is 252. The van der Waals surface area contributed by atoms with Gasteiger partial charge in [-0.15, -0.1) is 0 Å². The van der Waals surface area contributed by atoms with Crippen LogP contribution in [0.5, 0.6) is 0 Å². The molecule has 0 aromatic carbocycles. The lowest BCUT2D eigenvalue weighted by molar-refractivity contribution is 0.540. The molecule has 0 spiro atoms. The maximum atomic E-state index is 10.5. The van der Waals surface area contributed by atoms with Crippen LogP contribution >= 0.6 is 0 Å². The van der Waals surface area contributed by atoms with Crippen molar-refractivity contribution in [1.82, 2.24) is 0 Å². The van der Waals surface area contributed by atoms with Crippen LogP contribution in [0.3, 0.4) is 0 Å². The zero-order valence-electron chi connectivity index (χ0n) is 6.02. The molecule has 0 rings (SSSR count). The molecule has 0 amide bonds. The van der Waals surface area contributed by atoms with Crippen LogP contribution in [0.2, 0.25) is 0 Å². The number of hydrogen-bond donors (Lipinski definition) is 0. The first-order valence-corrected chi connectivity index (χ1v) is 6.11. The first kappa shape index (κ1) is 10.8. The van der Waals surface area contributed by atoms with Crippen molar-refractivity contribution in [2.24, 2.45) is 0 Å². The van der Waals surface area contributed by atoms with Crippen LogP contribution in [0.1, 0.15) is 0 Å². The lowest BCUT2D eigenvalue weighted by atomic mass is 10.6. The molecule has 0 aromatic rings. The molecule has 0 fully saturated rings. The average molecular weight is 197 g/mol. The van der Waals surface area contributed by atoms with Gasteiger partial charge in [0.1, 0.15) is 0 Å². The lowest BCUT2D eigenvalue weighted by Gasteiger charge is -1.97. The molecule has 0 saturated carbocycles. The van der Waals surface area contributed by atoms with Crippen LogP contribution in [0.4, 0.5) is 0 Å². The third kappa shape index (κ3) is 9.80. The molecule has 0 heterocycles. The van der Waals surface area contributed by atoms with Gasteiger partial charge >= 0.3 is 0 Å². The first-order chi connectivity index (χ1) is 4.92. The highest BCUT2D eigenvalue weighted by atomic mass is 32.2. The van der Waals surface area contributed by atoms with Gasteiger partial charge in [0.25, 0.3) is 0 Å². The van der Waals surface area contributed by atoms with Crippen molar-refractivity contribution in [2.45, 2.75) is 0 Å². The summed E-state index contributed by atoms with van der Waals surface area (Å²) in [6, 6.07) is 0. The summed E-state index contributed by atoms with van der Waals surface area (Å²) >= 11 is -2.13. The fourth-order valence-corrected chi connectivity index (χ4v) is 1.17. The monoisotopic (exact) mass is 197 g/mol. The zero-order valence-corrected chi connectivity index (χ0v) is 7.65. The Kier molecular flexibility index (Phi) is 4.55. The Morgan fingerprint density at radius 3 is 2.36 bits per heavy atom. The third-order valence-corrected chi connectivity index (χ3v) is 2.06. The van der Waals surface area contributed by atoms with E-state index in [0.717, 1.165) is 6.26 Å². The molecule has 0 aromatic heterocycles. The van der Waals surface area contributed by atoms with Gasteiger partial charge in [0, 0.05) is 12.0 Å². The van der Waals surface area contributed by atoms with E-state index in [0.29, 0.717) is 0 Å². The third-order valence-electron chi connectivity index (χ3n) is 0.798. The van der Waals surface area contributed by atoms with Crippen molar-refractivity contribution >= 4 is 20.9 Å². The van der Waals surface area contributed by atoms with Crippen LogP contribution in [-0.4, -0.2) is 34.9 Å². The summed E-state index contributed by atoms with van der Waals surface area (Å²) in [4.78, 5) is 0. The van der Waals surface area contributed by atoms with Crippen molar-refractivity contribution in [2.75, 3.05) is 17.8 Å². The van der Waals surface area contributed by atoms with E-state index in [1.54, 1.807) is 0 Å². The minimum absolute atomic E-state index is 0.107. The van der Waals surface area contributed by atoms with Crippen LogP contribution in [0, 0.1) is 0 Å². The fraction of sp³-hybridized carbons (Fsp3) is 0.600. The SMILES string of the molecule is CS(=O)(=O)C/C=C/CS(=O)[O-]. The largest absolute Gasteiger partial charge is 0.772 e. The lowest BCUT2D eigenvalue weighted by Crippen LogP contribution is -2.00. The zero-order chi connectivity index (χ0) is 8.91. The predicted octanol–water partition coefficient (Wildman–Crippen LogP) is -0.534. The number of rotatable bonds is 4. The maximum Gasteiger partial charge on any atom is 0.150 e. The van der Waals surface area contributed by atoms with E-state index >= 15 is 0 Å². The highest BCUT2D eigenvalue weighted by Crippen LogP contribution is 1.85. The van der Waals surface area contributed by atoms with Crippen molar-refractivity contribution in [3.8, 4) is 0 Å². The minimum Gasteiger partial charge on any atom is -0.772 e. The normalized spacial score (nSPS) is 15.5. The molecule has 0 aliphatic heterocycles. The van der Waals surface area contributed by atoms with Gasteiger partial charge in [-0.2, -0.15) is 0 Å². The van der Waals surface area contributed by atoms with Gasteiger partial charge in [0.15, 0.2) is 9.84 Å². The van der Waals surface area contributed by atoms with E-state index in [4.69, 9.17) is 0 Å². The Hall–Kier alpha value is -0.200. The van der Waals surface area contributed by atoms with Gasteiger partial charge in [-0.25, -0.2) is 8.42 Å². The molecular formula is C5H9O4S2-. The Balaban J connectivity index is 3.71. The number of sulfone groups is 1.